The molecule has 2 fully saturated rings. The standard InChI is InChI=1S/C20H18N2O2.C14H22N2O2S.C13H18N2O.C12H15NO.C11H17NO2S.C11H15NO2.C10H14N2O.C9H11NO2S.C8H11NO2S.CH3I/c1-15-6-5-7-17(14-15)22-20(23)21-16-10-12-19(13-11-16)24-18-8-3-2-4-9-18;1-13-5-7-14(8-6-13)15(2)19(17,18)12-11-16-9-3-4-10-16;1-3-7-14-13(16)15-8-6-11-9-10(2)4-5-12(11)15;1-9-5-7-11(8-6-9)13-12(14)10-3-2-4-10;1-3-4-9-15(13,14)12-11-7-5-10(2)6-8-11;1-3-8-14-11(13)12-10-6-4-9(2)5-7-10;1-3-11-10(13)12-9-6-4-8(2)5-7-9;1-3-13(11,12)10-9-6-4-5-8(2)7-9;1-7-4-3-5-8(6-7)9-12(2,10)11;1-2/h2-14H,1H3,(H2,21,22,23);5-8H,3-4,9-12H2,1-2H3;4-5,9H,3,6-8H2,1-2H3,(H,14,16);5-8,10H,2-4H2,1H3,(H,13,14);5-8,12H,3-4,9H2,1-2H3;4-7H,3,8H2,1-2H3,(H,12,13);4-7H,3H2,1-2H3,(H2,11,12,13);3-7,10H,1H2,2H3;3-6,9H,1-2H3;1H3. The van der Waals surface area contributed by atoms with Crippen LogP contribution in [0, 0.1) is 68.2 Å². The van der Waals surface area contributed by atoms with E-state index in [4.69, 9.17) is 9.47 Å². The third-order valence-corrected chi connectivity index (χ3v) is 25.7. The van der Waals surface area contributed by atoms with Gasteiger partial charge in [0.1, 0.15) is 11.5 Å². The summed E-state index contributed by atoms with van der Waals surface area (Å²) in [7, 11) is -11.3. The van der Waals surface area contributed by atoms with Crippen LogP contribution in [0.15, 0.2) is 279 Å². The molecule has 0 spiro atoms. The molecular formula is C109H144IN13O15S4. The van der Waals surface area contributed by atoms with Crippen molar-refractivity contribution in [2.75, 3.05) is 126 Å². The summed E-state index contributed by atoms with van der Waals surface area (Å²) in [5.41, 5.74) is 19.0. The van der Waals surface area contributed by atoms with Gasteiger partial charge in [-0.05, 0) is 300 Å². The van der Waals surface area contributed by atoms with Crippen molar-refractivity contribution >= 4 is 150 Å². The number of ether oxygens (including phenoxy) is 2. The van der Waals surface area contributed by atoms with Gasteiger partial charge < -0.3 is 46.3 Å². The van der Waals surface area contributed by atoms with Crippen molar-refractivity contribution in [1.29, 1.82) is 0 Å². The lowest BCUT2D eigenvalue weighted by Crippen LogP contribution is -2.39. The molecule has 1 saturated heterocycles. The largest absolute Gasteiger partial charge is 0.457 e. The molecule has 11 aromatic rings. The van der Waals surface area contributed by atoms with Crippen LogP contribution in [0.4, 0.5) is 76.1 Å². The molecule has 3 aliphatic rings. The number of rotatable bonds is 28. The molecule has 2 heterocycles. The van der Waals surface area contributed by atoms with Crippen molar-refractivity contribution < 1.29 is 67.1 Å². The molecule has 0 aromatic heterocycles. The van der Waals surface area contributed by atoms with E-state index in [0.717, 1.165) is 150 Å². The number of anilines is 10. The summed E-state index contributed by atoms with van der Waals surface area (Å²) in [5.74, 6) is 2.31. The maximum absolute atomic E-state index is 12.3. The fourth-order valence-electron chi connectivity index (χ4n) is 13.2. The predicted molar refractivity (Wildman–Crippen MR) is 596 cm³/mol. The van der Waals surface area contributed by atoms with E-state index in [1.807, 2.05) is 286 Å². The van der Waals surface area contributed by atoms with Crippen LogP contribution in [0.3, 0.4) is 0 Å². The minimum atomic E-state index is -3.38. The van der Waals surface area contributed by atoms with Crippen molar-refractivity contribution in [1.82, 2.24) is 15.5 Å². The third kappa shape index (κ3) is 49.5. The van der Waals surface area contributed by atoms with Gasteiger partial charge in [-0.15, -0.1) is 0 Å². The minimum Gasteiger partial charge on any atom is -0.457 e. The molecule has 0 unspecified atom stereocenters. The quantitative estimate of drug-likeness (QED) is 0.0161. The van der Waals surface area contributed by atoms with Crippen LogP contribution in [-0.4, -0.2) is 144 Å². The molecule has 14 rings (SSSR count). The summed E-state index contributed by atoms with van der Waals surface area (Å²) in [5, 5.41) is 20.4. The number of amides is 8. The number of hydrogen-bond acceptors (Lipinski definition) is 16. The summed E-state index contributed by atoms with van der Waals surface area (Å²) < 4.78 is 111. The smallest absolute Gasteiger partial charge is 0.411 e. The Balaban J connectivity index is 0.000000283. The van der Waals surface area contributed by atoms with E-state index in [9.17, 15) is 57.6 Å². The number of unbranched alkanes of at least 4 members (excludes halogenated alkanes) is 1. The Kier molecular flexibility index (Phi) is 53.8. The molecule has 10 N–H and O–H groups in total. The molecule has 2 aliphatic heterocycles. The first kappa shape index (κ1) is 120. The Hall–Kier alpha value is -12.8. The first-order valence-electron chi connectivity index (χ1n) is 47.2. The highest BCUT2D eigenvalue weighted by Crippen LogP contribution is 2.31. The SMILES string of the molecule is C=CS(=O)(=O)Nc1cccc(C)c1.CCCCS(=O)(=O)Nc1ccc(C)cc1.CCCNC(=O)N1CCc2cc(C)ccc21.CCCOC(=O)Nc1ccc(C)cc1.CCNC(=O)Nc1ccc(C)cc1.CI.Cc1ccc(N(C)S(=O)(=O)CCN2CCCC2)cc1.Cc1ccc(NC(=O)C2CCC2)cc1.Cc1cccc(NC(=O)Nc2ccc(Oc3ccccc3)cc2)c1.Cc1cccc(NS(C)(=O)=O)c1. The van der Waals surface area contributed by atoms with Gasteiger partial charge in [-0.2, -0.15) is 0 Å². The molecule has 0 atom stereocenters. The number of hydrogen-bond donors (Lipinski definition) is 10. The number of benzene rings is 11. The summed E-state index contributed by atoms with van der Waals surface area (Å²) in [6.07, 6.45) is 10.8. The van der Waals surface area contributed by atoms with Crippen molar-refractivity contribution in [2.24, 2.45) is 5.92 Å². The average molecular weight is 2130 g/mol. The summed E-state index contributed by atoms with van der Waals surface area (Å²) in [4.78, 5) is 63.7. The lowest BCUT2D eigenvalue weighted by atomic mass is 9.85. The second-order valence-corrected chi connectivity index (χ2v) is 41.2. The zero-order chi connectivity index (χ0) is 105. The maximum atomic E-state index is 12.3. The molecule has 0 bridgehead atoms. The highest BCUT2D eigenvalue weighted by atomic mass is 127. The lowest BCUT2D eigenvalue weighted by Gasteiger charge is -2.24. The highest BCUT2D eigenvalue weighted by Gasteiger charge is 2.27. The monoisotopic (exact) mass is 2130 g/mol. The average Bonchev–Trinajstić information content (AvgIpc) is 1.66. The lowest BCUT2D eigenvalue weighted by molar-refractivity contribution is -0.122. The molecule has 1 saturated carbocycles. The van der Waals surface area contributed by atoms with E-state index in [0.29, 0.717) is 54.6 Å². The Morgan fingerprint density at radius 2 is 0.880 bits per heavy atom. The second kappa shape index (κ2) is 63.9. The summed E-state index contributed by atoms with van der Waals surface area (Å²) in [6, 6.07) is 82.7. The number of carbonyl (C=O) groups is 5. The van der Waals surface area contributed by atoms with Crippen molar-refractivity contribution in [3.05, 3.63) is 335 Å². The Bertz CT molecular complexity index is 6150. The van der Waals surface area contributed by atoms with Crippen LogP contribution in [0.5, 0.6) is 11.5 Å². The zero-order valence-electron chi connectivity index (χ0n) is 84.7. The molecule has 33 heteroatoms. The minimum absolute atomic E-state index is 0.0319. The van der Waals surface area contributed by atoms with Gasteiger partial charge in [0.25, 0.3) is 10.0 Å². The van der Waals surface area contributed by atoms with Gasteiger partial charge in [-0.25, -0.2) is 52.8 Å². The molecule has 11 aromatic carbocycles. The number of aryl methyl sites for hydroxylation is 9. The summed E-state index contributed by atoms with van der Waals surface area (Å²) >= 11 is 2.15. The molecule has 8 amide bonds. The van der Waals surface area contributed by atoms with Gasteiger partial charge in [0.15, 0.2) is 0 Å². The van der Waals surface area contributed by atoms with E-state index >= 15 is 0 Å². The Morgan fingerprint density at radius 1 is 0.437 bits per heavy atom. The number of likely N-dealkylation sites (tertiary alicyclic amines) is 1. The molecular weight excluding hydrogens is 1990 g/mol. The van der Waals surface area contributed by atoms with Crippen LogP contribution >= 0.6 is 22.6 Å². The molecule has 1 aliphatic carbocycles. The molecule has 142 heavy (non-hydrogen) atoms. The maximum Gasteiger partial charge on any atom is 0.411 e. The number of urea groups is 3. The number of fused-ring (bicyclic) bond motifs is 1. The fraction of sp³-hybridized carbons (Fsp3) is 0.330. The first-order valence-corrected chi connectivity index (χ1v) is 56.1. The Labute approximate surface area is 857 Å². The number of carbonyl (C=O) groups excluding carboxylic acids is 5. The van der Waals surface area contributed by atoms with Crippen molar-refractivity contribution in [3.63, 3.8) is 0 Å². The van der Waals surface area contributed by atoms with E-state index in [1.54, 1.807) is 61.6 Å². The van der Waals surface area contributed by atoms with Gasteiger partial charge in [-0.3, -0.25) is 33.5 Å². The van der Waals surface area contributed by atoms with E-state index in [-0.39, 0.29) is 41.4 Å². The summed E-state index contributed by atoms with van der Waals surface area (Å²) in [6.45, 7) is 34.3. The number of nitrogens with one attached hydrogen (secondary N) is 10. The number of alkyl halides is 1. The highest BCUT2D eigenvalue weighted by molar-refractivity contribution is 14.1. The van der Waals surface area contributed by atoms with Gasteiger partial charge in [0.05, 0.1) is 30.1 Å². The number of nitrogens with zero attached hydrogens (tertiary/aromatic N) is 3. The topological polar surface area (TPSA) is 370 Å². The zero-order valence-corrected chi connectivity index (χ0v) is 90.1. The van der Waals surface area contributed by atoms with Crippen LogP contribution in [-0.2, 0) is 56.0 Å². The molecule has 0 radical (unpaired) electrons. The molecule has 28 nitrogen and oxygen atoms in total. The molecule has 766 valence electrons. The van der Waals surface area contributed by atoms with Crippen molar-refractivity contribution in [2.45, 2.75) is 154 Å². The number of para-hydroxylation sites is 1. The van der Waals surface area contributed by atoms with E-state index in [2.05, 4.69) is 111 Å². The predicted octanol–water partition coefficient (Wildman–Crippen LogP) is 24.4. The Morgan fingerprint density at radius 3 is 1.35 bits per heavy atom. The third-order valence-electron chi connectivity index (χ3n) is 21.0. The normalized spacial score (nSPS) is 12.0. The van der Waals surface area contributed by atoms with Gasteiger partial charge in [0.2, 0.25) is 36.0 Å². The number of halogens is 1. The van der Waals surface area contributed by atoms with Crippen LogP contribution < -0.4 is 65.3 Å². The van der Waals surface area contributed by atoms with E-state index in [1.165, 1.54) is 45.8 Å². The van der Waals surface area contributed by atoms with E-state index < -0.39 is 46.2 Å². The van der Waals surface area contributed by atoms with Gasteiger partial charge in [-0.1, -0.05) is 224 Å². The van der Waals surface area contributed by atoms with Crippen LogP contribution in [0.25, 0.3) is 0 Å². The second-order valence-electron chi connectivity index (χ2n) is 33.8. The first-order chi connectivity index (χ1) is 67.6. The number of sulfonamides is 4. The van der Waals surface area contributed by atoms with Crippen molar-refractivity contribution in [3.8, 4) is 11.5 Å². The fourth-order valence-corrected chi connectivity index (χ4v) is 16.7. The van der Waals surface area contributed by atoms with Gasteiger partial charge >= 0.3 is 24.2 Å². The van der Waals surface area contributed by atoms with Gasteiger partial charge in [0, 0.05) is 95.7 Å². The van der Waals surface area contributed by atoms with Crippen LogP contribution in [0.1, 0.15) is 141 Å². The van der Waals surface area contributed by atoms with Crippen LogP contribution in [0.2, 0.25) is 0 Å².